The molecule has 0 unspecified atom stereocenters. The van der Waals surface area contributed by atoms with Gasteiger partial charge < -0.3 is 0 Å². The molecule has 0 saturated heterocycles. The second-order valence-electron chi connectivity index (χ2n) is 3.33. The van der Waals surface area contributed by atoms with E-state index in [1.165, 1.54) is 0 Å². The molecule has 1 rings (SSSR count). The Morgan fingerprint density at radius 2 is 1.17 bits per heavy atom. The van der Waals surface area contributed by atoms with Gasteiger partial charge in [-0.05, 0) is 12.1 Å². The smallest absolute Gasteiger partial charge is 0.0936 e. The first-order valence-corrected chi connectivity index (χ1v) is 7.59. The van der Waals surface area contributed by atoms with Crippen LogP contribution >= 0.6 is 20.4 Å². The number of rotatable bonds is 2. The van der Waals surface area contributed by atoms with Gasteiger partial charge in [0.1, 0.15) is 9.79 Å². The fraction of sp³-hybridized carbons (Fsp3) is 0. The standard InChI is InChI=1S/C6H3F10S2/c7-17(8,9,10,11)5-2-1-3-6(4-5)18(12,13,14,15)16/h1-2,4H. The molecule has 0 heterocycles. The Labute approximate surface area is 94.0 Å². The topological polar surface area (TPSA) is 0 Å². The van der Waals surface area contributed by atoms with Crippen LogP contribution < -0.4 is 0 Å². The third-order valence-electron chi connectivity index (χ3n) is 1.61. The van der Waals surface area contributed by atoms with Crippen LogP contribution in [-0.2, 0) is 0 Å². The summed E-state index contributed by atoms with van der Waals surface area (Å²) >= 11 is 0. The van der Waals surface area contributed by atoms with E-state index >= 15 is 0 Å². The molecule has 0 spiro atoms. The minimum Gasteiger partial charge on any atom is -0.0936 e. The molecule has 0 nitrogen and oxygen atoms in total. The molecule has 109 valence electrons. The maximum atomic E-state index is 12.2. The molecule has 0 amide bonds. The van der Waals surface area contributed by atoms with Crippen molar-refractivity contribution < 1.29 is 38.9 Å². The van der Waals surface area contributed by atoms with Crippen molar-refractivity contribution in [1.29, 1.82) is 0 Å². The fourth-order valence-corrected chi connectivity index (χ4v) is 2.27. The summed E-state index contributed by atoms with van der Waals surface area (Å²) in [5, 5.41) is 0. The van der Waals surface area contributed by atoms with Gasteiger partial charge in [0.25, 0.3) is 0 Å². The van der Waals surface area contributed by atoms with E-state index in [0.717, 1.165) is 6.07 Å². The summed E-state index contributed by atoms with van der Waals surface area (Å²) in [5.74, 6) is 0. The molecule has 0 aromatic heterocycles. The zero-order valence-electron chi connectivity index (χ0n) is 7.83. The minimum atomic E-state index is -10.5. The lowest BCUT2D eigenvalue weighted by Gasteiger charge is -2.43. The van der Waals surface area contributed by atoms with Gasteiger partial charge >= 0.3 is 20.4 Å². The average Bonchev–Trinajstić information content (AvgIpc) is 1.96. The highest BCUT2D eigenvalue weighted by molar-refractivity contribution is 8.46. The molecule has 12 heteroatoms. The Morgan fingerprint density at radius 1 is 0.722 bits per heavy atom. The van der Waals surface area contributed by atoms with E-state index < -0.39 is 42.4 Å². The SMILES string of the molecule is FS(F)(F)(F)(F)c1[c]ccc(S(F)(F)(F)(F)F)c1. The second kappa shape index (κ2) is 2.44. The summed E-state index contributed by atoms with van der Waals surface area (Å²) in [5.41, 5.74) is 0. The molecule has 0 aliphatic rings. The number of hydrogen-bond acceptors (Lipinski definition) is 0. The van der Waals surface area contributed by atoms with Crippen molar-refractivity contribution in [3.8, 4) is 0 Å². The zero-order valence-corrected chi connectivity index (χ0v) is 9.46. The number of hydrogen-bond donors (Lipinski definition) is 0. The highest BCUT2D eigenvalue weighted by atomic mass is 32.5. The molecule has 18 heavy (non-hydrogen) atoms. The molecular weight excluding hydrogens is 326 g/mol. The second-order valence-corrected chi connectivity index (χ2v) is 8.11. The van der Waals surface area contributed by atoms with Crippen LogP contribution in [0.25, 0.3) is 0 Å². The van der Waals surface area contributed by atoms with Gasteiger partial charge in [-0.25, -0.2) is 0 Å². The predicted molar refractivity (Wildman–Crippen MR) is 48.1 cm³/mol. The van der Waals surface area contributed by atoms with E-state index in [9.17, 15) is 38.9 Å². The van der Waals surface area contributed by atoms with Crippen LogP contribution in [0.5, 0.6) is 0 Å². The Kier molecular flexibility index (Phi) is 2.07. The van der Waals surface area contributed by atoms with E-state index in [2.05, 4.69) is 0 Å². The Hall–Kier alpha value is -0.780. The third-order valence-corrected chi connectivity index (χ3v) is 3.82. The summed E-state index contributed by atoms with van der Waals surface area (Å²) in [6.45, 7) is 0. The maximum absolute atomic E-state index is 12.2. The van der Waals surface area contributed by atoms with Crippen molar-refractivity contribution in [2.75, 3.05) is 0 Å². The molecule has 0 aliphatic carbocycles. The van der Waals surface area contributed by atoms with Crippen LogP contribution in [0, 0.1) is 6.07 Å². The van der Waals surface area contributed by atoms with Gasteiger partial charge in [-0.2, -0.15) is 0 Å². The third kappa shape index (κ3) is 3.60. The summed E-state index contributed by atoms with van der Waals surface area (Å²) in [6, 6.07) is -1.26. The summed E-state index contributed by atoms with van der Waals surface area (Å²) in [4.78, 5) is -6.18. The van der Waals surface area contributed by atoms with E-state index in [1.54, 1.807) is 0 Å². The largest absolute Gasteiger partial charge is 0.311 e. The van der Waals surface area contributed by atoms with Crippen molar-refractivity contribution in [2.24, 2.45) is 0 Å². The minimum absolute atomic E-state index is 0.277. The first kappa shape index (κ1) is 15.3. The van der Waals surface area contributed by atoms with Crippen LogP contribution in [0.3, 0.4) is 0 Å². The molecule has 0 atom stereocenters. The van der Waals surface area contributed by atoms with E-state index in [0.29, 0.717) is 0 Å². The monoisotopic (exact) mass is 329 g/mol. The van der Waals surface area contributed by atoms with Crippen LogP contribution in [0.2, 0.25) is 0 Å². The fourth-order valence-electron chi connectivity index (χ4n) is 0.888. The highest BCUT2D eigenvalue weighted by Gasteiger charge is 2.69. The van der Waals surface area contributed by atoms with Crippen LogP contribution in [0.1, 0.15) is 0 Å². The van der Waals surface area contributed by atoms with Crippen molar-refractivity contribution in [2.45, 2.75) is 9.79 Å². The average molecular weight is 329 g/mol. The van der Waals surface area contributed by atoms with Crippen molar-refractivity contribution in [3.63, 3.8) is 0 Å². The van der Waals surface area contributed by atoms with E-state index in [4.69, 9.17) is 0 Å². The van der Waals surface area contributed by atoms with Crippen LogP contribution in [0.4, 0.5) is 38.9 Å². The van der Waals surface area contributed by atoms with Gasteiger partial charge in [-0.15, -0.1) is 0 Å². The van der Waals surface area contributed by atoms with Crippen molar-refractivity contribution >= 4 is 20.4 Å². The first-order chi connectivity index (χ1) is 7.19. The van der Waals surface area contributed by atoms with Crippen molar-refractivity contribution in [3.05, 3.63) is 24.3 Å². The van der Waals surface area contributed by atoms with Gasteiger partial charge in [0.2, 0.25) is 0 Å². The molecular formula is C6H3F10S2. The molecule has 1 radical (unpaired) electrons. The first-order valence-electron chi connectivity index (χ1n) is 3.69. The Bertz CT molecular complexity index is 461. The van der Waals surface area contributed by atoms with Gasteiger partial charge in [0, 0.05) is 6.07 Å². The van der Waals surface area contributed by atoms with Crippen molar-refractivity contribution in [1.82, 2.24) is 0 Å². The number of benzene rings is 1. The lowest BCUT2D eigenvalue weighted by atomic mass is 10.4. The normalized spacial score (nSPS) is 21.4. The molecule has 0 saturated carbocycles. The number of halogens is 10. The van der Waals surface area contributed by atoms with Gasteiger partial charge in [0.05, 0.1) is 0 Å². The van der Waals surface area contributed by atoms with Gasteiger partial charge in [0.15, 0.2) is 0 Å². The molecule has 0 bridgehead atoms. The zero-order chi connectivity index (χ0) is 14.8. The molecule has 0 N–H and O–H groups in total. The Morgan fingerprint density at radius 3 is 1.50 bits per heavy atom. The van der Waals surface area contributed by atoms with E-state index in [1.807, 2.05) is 0 Å². The lowest BCUT2D eigenvalue weighted by molar-refractivity contribution is 0.360. The summed E-state index contributed by atoms with van der Waals surface area (Å²) in [7, 11) is -20.9. The molecule has 0 aliphatic heterocycles. The molecule has 1 aromatic carbocycles. The lowest BCUT2D eigenvalue weighted by Crippen LogP contribution is -2.10. The Balaban J connectivity index is 3.65. The van der Waals surface area contributed by atoms with Crippen LogP contribution in [-0.4, -0.2) is 0 Å². The van der Waals surface area contributed by atoms with Crippen LogP contribution in [0.15, 0.2) is 28.0 Å². The van der Waals surface area contributed by atoms with E-state index in [-0.39, 0.29) is 6.07 Å². The van der Waals surface area contributed by atoms with Gasteiger partial charge in [-0.1, -0.05) is 44.9 Å². The summed E-state index contributed by atoms with van der Waals surface area (Å²) < 4.78 is 121. The summed E-state index contributed by atoms with van der Waals surface area (Å²) in [6.07, 6.45) is 0. The molecule has 0 fully saturated rings. The molecule has 1 aromatic rings. The highest BCUT2D eigenvalue weighted by Crippen LogP contribution is 3.04. The predicted octanol–water partition coefficient (Wildman–Crippen LogP) is 6.80. The quantitative estimate of drug-likeness (QED) is 0.523. The van der Waals surface area contributed by atoms with Gasteiger partial charge in [-0.3, -0.25) is 0 Å². The maximum Gasteiger partial charge on any atom is 0.311 e.